The molecule has 5 rings (SSSR count). The molecule has 1 aromatic carbocycles. The number of carbonyl (C=O) groups excluding carboxylic acids is 2. The van der Waals surface area contributed by atoms with E-state index in [1.807, 2.05) is 48.7 Å². The zero-order chi connectivity index (χ0) is 21.5. The van der Waals surface area contributed by atoms with Crippen molar-refractivity contribution in [1.29, 1.82) is 0 Å². The van der Waals surface area contributed by atoms with Gasteiger partial charge in [-0.05, 0) is 37.6 Å². The number of pyridine rings is 1. The third-order valence-electron chi connectivity index (χ3n) is 7.04. The summed E-state index contributed by atoms with van der Waals surface area (Å²) in [6.07, 6.45) is 9.14. The molecule has 0 N–H and O–H groups in total. The Kier molecular flexibility index (Phi) is 5.10. The topological polar surface area (TPSA) is 62.7 Å². The van der Waals surface area contributed by atoms with Crippen LogP contribution < -0.4 is 4.74 Å². The van der Waals surface area contributed by atoms with E-state index in [2.05, 4.69) is 16.0 Å². The molecule has 6 heteroatoms. The number of ether oxygens (including phenoxy) is 1. The number of methoxy groups -OCH3 is 1. The number of nitrogens with zero attached hydrogens (tertiary/aromatic N) is 3. The second kappa shape index (κ2) is 7.93. The van der Waals surface area contributed by atoms with E-state index < -0.39 is 0 Å². The molecule has 3 aliphatic heterocycles. The molecule has 3 saturated heterocycles. The molecule has 0 aliphatic carbocycles. The fourth-order valence-electron chi connectivity index (χ4n) is 5.54. The Balaban J connectivity index is 1.40. The zero-order valence-electron chi connectivity index (χ0n) is 17.9. The van der Waals surface area contributed by atoms with Crippen LogP contribution >= 0.6 is 0 Å². The Morgan fingerprint density at radius 2 is 1.87 bits per heavy atom. The van der Waals surface area contributed by atoms with Crippen molar-refractivity contribution in [2.75, 3.05) is 20.7 Å². The van der Waals surface area contributed by atoms with Crippen LogP contribution in [0.2, 0.25) is 0 Å². The van der Waals surface area contributed by atoms with Gasteiger partial charge in [0.15, 0.2) is 0 Å². The van der Waals surface area contributed by atoms with Crippen LogP contribution in [0.4, 0.5) is 0 Å². The van der Waals surface area contributed by atoms with E-state index in [4.69, 9.17) is 4.74 Å². The number of imide groups is 1. The van der Waals surface area contributed by atoms with Crippen molar-refractivity contribution in [2.45, 2.75) is 31.3 Å². The van der Waals surface area contributed by atoms with Crippen LogP contribution in [0, 0.1) is 11.8 Å². The Labute approximate surface area is 182 Å². The number of benzene rings is 1. The van der Waals surface area contributed by atoms with Gasteiger partial charge in [-0.2, -0.15) is 0 Å². The lowest BCUT2D eigenvalue weighted by Crippen LogP contribution is -2.45. The van der Waals surface area contributed by atoms with Crippen LogP contribution in [0.1, 0.15) is 25.0 Å². The fourth-order valence-corrected chi connectivity index (χ4v) is 5.54. The molecule has 160 valence electrons. The third kappa shape index (κ3) is 3.26. The molecule has 0 radical (unpaired) electrons. The number of hydrogen-bond donors (Lipinski definition) is 0. The molecule has 0 spiro atoms. The summed E-state index contributed by atoms with van der Waals surface area (Å²) in [5, 5.41) is 0. The number of aromatic nitrogens is 1. The molecule has 3 aliphatic rings. The molecule has 31 heavy (non-hydrogen) atoms. The van der Waals surface area contributed by atoms with Gasteiger partial charge in [0.2, 0.25) is 11.8 Å². The van der Waals surface area contributed by atoms with E-state index in [1.165, 1.54) is 4.90 Å². The first-order chi connectivity index (χ1) is 15.1. The van der Waals surface area contributed by atoms with Crippen LogP contribution in [-0.2, 0) is 9.59 Å². The molecule has 4 heterocycles. The number of hydrogen-bond acceptors (Lipinski definition) is 5. The van der Waals surface area contributed by atoms with Crippen molar-refractivity contribution < 1.29 is 14.3 Å². The maximum Gasteiger partial charge on any atom is 0.234 e. The number of piperidine rings is 1. The molecular formula is C25H27N3O3. The summed E-state index contributed by atoms with van der Waals surface area (Å²) in [6, 6.07) is 12.0. The highest BCUT2D eigenvalue weighted by Gasteiger charge is 2.60. The Hall–Kier alpha value is -2.99. The van der Waals surface area contributed by atoms with Gasteiger partial charge in [0.1, 0.15) is 5.75 Å². The maximum absolute atomic E-state index is 12.8. The van der Waals surface area contributed by atoms with E-state index in [9.17, 15) is 9.59 Å². The minimum absolute atomic E-state index is 0.0120. The Bertz CT molecular complexity index is 1030. The average Bonchev–Trinajstić information content (AvgIpc) is 3.26. The smallest absolute Gasteiger partial charge is 0.234 e. The van der Waals surface area contributed by atoms with Gasteiger partial charge >= 0.3 is 0 Å². The monoisotopic (exact) mass is 417 g/mol. The normalized spacial score (nSPS) is 28.3. The van der Waals surface area contributed by atoms with Crippen molar-refractivity contribution in [3.8, 4) is 16.9 Å². The average molecular weight is 418 g/mol. The maximum atomic E-state index is 12.8. The molecule has 0 bridgehead atoms. The van der Waals surface area contributed by atoms with E-state index in [-0.39, 0.29) is 35.7 Å². The number of amides is 2. The summed E-state index contributed by atoms with van der Waals surface area (Å²) < 4.78 is 5.45. The molecule has 1 aromatic heterocycles. The quantitative estimate of drug-likeness (QED) is 0.715. The second-order valence-electron chi connectivity index (χ2n) is 8.61. The Morgan fingerprint density at radius 3 is 2.65 bits per heavy atom. The number of rotatable bonds is 4. The molecule has 0 saturated carbocycles. The highest BCUT2D eigenvalue weighted by Crippen LogP contribution is 2.46. The third-order valence-corrected chi connectivity index (χ3v) is 7.04. The van der Waals surface area contributed by atoms with Crippen molar-refractivity contribution in [3.63, 3.8) is 0 Å². The lowest BCUT2D eigenvalue weighted by Gasteiger charge is -2.35. The van der Waals surface area contributed by atoms with Gasteiger partial charge in [-0.3, -0.25) is 24.4 Å². The van der Waals surface area contributed by atoms with Crippen molar-refractivity contribution in [2.24, 2.45) is 11.8 Å². The fraction of sp³-hybridized carbons (Fsp3) is 0.400. The van der Waals surface area contributed by atoms with Gasteiger partial charge in [0, 0.05) is 36.5 Å². The molecule has 2 aromatic rings. The summed E-state index contributed by atoms with van der Waals surface area (Å²) in [5.41, 5.74) is 2.83. The first kappa shape index (κ1) is 19.9. The van der Waals surface area contributed by atoms with Gasteiger partial charge in [0.05, 0.1) is 24.6 Å². The summed E-state index contributed by atoms with van der Waals surface area (Å²) in [5.74, 6) is 0.285. The minimum Gasteiger partial charge on any atom is -0.496 e. The lowest BCUT2D eigenvalue weighted by molar-refractivity contribution is -0.139. The molecule has 6 nitrogen and oxygen atoms in total. The first-order valence-corrected chi connectivity index (χ1v) is 10.9. The number of carbonyl (C=O) groups is 2. The van der Waals surface area contributed by atoms with Crippen LogP contribution in [0.15, 0.2) is 48.7 Å². The van der Waals surface area contributed by atoms with Crippen LogP contribution in [0.3, 0.4) is 0 Å². The number of likely N-dealkylation sites (tertiary alicyclic amines) is 1. The summed E-state index contributed by atoms with van der Waals surface area (Å²) >= 11 is 0. The SMILES string of the molecule is COc1ccccc1-c1ccc(/C=C/[C@H]2[C@H]3C(=O)N(C)C(=O)[C@H]3[C@@H]3CCCCN23)nc1. The Morgan fingerprint density at radius 1 is 1.06 bits per heavy atom. The molecule has 3 fully saturated rings. The molecule has 4 atom stereocenters. The number of fused-ring (bicyclic) bond motifs is 3. The highest BCUT2D eigenvalue weighted by atomic mass is 16.5. The van der Waals surface area contributed by atoms with E-state index in [0.717, 1.165) is 48.4 Å². The minimum atomic E-state index is -0.273. The van der Waals surface area contributed by atoms with Crippen LogP contribution in [0.5, 0.6) is 5.75 Å². The lowest BCUT2D eigenvalue weighted by atomic mass is 9.87. The highest BCUT2D eigenvalue weighted by molar-refractivity contribution is 6.06. The van der Waals surface area contributed by atoms with Crippen LogP contribution in [0.25, 0.3) is 17.2 Å². The standard InChI is InChI=1S/C25H27N3O3/c1-27-24(29)22-19-8-5-6-14-28(19)20(23(22)25(27)30)13-12-17-11-10-16(15-26-17)18-7-3-4-9-21(18)31-2/h3-4,7,9-13,15,19-20,22-23H,5-6,8,14H2,1-2H3/b13-12+/t19-,20-,22-,23+/m0/s1. The van der Waals surface area contributed by atoms with Gasteiger partial charge in [0.25, 0.3) is 0 Å². The predicted molar refractivity (Wildman–Crippen MR) is 118 cm³/mol. The van der Waals surface area contributed by atoms with Gasteiger partial charge in [-0.25, -0.2) is 0 Å². The first-order valence-electron chi connectivity index (χ1n) is 10.9. The zero-order valence-corrected chi connectivity index (χ0v) is 17.9. The molecule has 0 unspecified atom stereocenters. The van der Waals surface area contributed by atoms with Crippen molar-refractivity contribution >= 4 is 17.9 Å². The molecular weight excluding hydrogens is 390 g/mol. The largest absolute Gasteiger partial charge is 0.496 e. The van der Waals surface area contributed by atoms with Crippen LogP contribution in [-0.4, -0.2) is 59.4 Å². The molecule has 2 amide bonds. The van der Waals surface area contributed by atoms with E-state index in [1.54, 1.807) is 14.2 Å². The van der Waals surface area contributed by atoms with E-state index >= 15 is 0 Å². The van der Waals surface area contributed by atoms with Gasteiger partial charge in [-0.15, -0.1) is 0 Å². The summed E-state index contributed by atoms with van der Waals surface area (Å²) in [7, 11) is 3.29. The second-order valence-corrected chi connectivity index (χ2v) is 8.61. The predicted octanol–water partition coefficient (Wildman–Crippen LogP) is 3.24. The van der Waals surface area contributed by atoms with Crippen molar-refractivity contribution in [3.05, 3.63) is 54.4 Å². The van der Waals surface area contributed by atoms with Gasteiger partial charge < -0.3 is 4.74 Å². The summed E-state index contributed by atoms with van der Waals surface area (Å²) in [6.45, 7) is 0.942. The van der Waals surface area contributed by atoms with Crippen molar-refractivity contribution in [1.82, 2.24) is 14.8 Å². The number of para-hydroxylation sites is 1. The van der Waals surface area contributed by atoms with Gasteiger partial charge in [-0.1, -0.05) is 36.8 Å². The summed E-state index contributed by atoms with van der Waals surface area (Å²) in [4.78, 5) is 33.9. The van der Waals surface area contributed by atoms with E-state index in [0.29, 0.717) is 0 Å².